The van der Waals surface area contributed by atoms with Crippen molar-refractivity contribution in [3.63, 3.8) is 0 Å². The molecule has 0 bridgehead atoms. The monoisotopic (exact) mass is 480 g/mol. The van der Waals surface area contributed by atoms with Gasteiger partial charge in [0.1, 0.15) is 5.70 Å². The number of hydrogen-bond acceptors (Lipinski definition) is 3. The number of ether oxygens (including phenoxy) is 1. The number of hydrogen-bond donors (Lipinski definition) is 2. The van der Waals surface area contributed by atoms with E-state index in [1.807, 2.05) is 0 Å². The molecular weight excluding hydrogens is 467 g/mol. The fourth-order valence-electron chi connectivity index (χ4n) is 2.67. The summed E-state index contributed by atoms with van der Waals surface area (Å²) in [5.74, 6) is -22.0. The summed E-state index contributed by atoms with van der Waals surface area (Å²) in [6.07, 6.45) is -7.02. The number of halogens is 9. The molecule has 1 heterocycles. The average molecular weight is 480 g/mol. The molecule has 172 valence electrons. The third kappa shape index (κ3) is 4.16. The molecule has 1 aliphatic rings. The zero-order chi connectivity index (χ0) is 23.8. The molecule has 31 heavy (non-hydrogen) atoms. The van der Waals surface area contributed by atoms with Gasteiger partial charge in [-0.3, -0.25) is 0 Å². The van der Waals surface area contributed by atoms with Crippen molar-refractivity contribution in [2.45, 2.75) is 36.9 Å². The smallest absolute Gasteiger partial charge is 0.460 e. The molecule has 1 aromatic rings. The summed E-state index contributed by atoms with van der Waals surface area (Å²) in [5.41, 5.74) is -3.56. The molecule has 0 spiro atoms. The SMILES string of the molecule is CCOC(=O)C1=C(C(F)(F)C(F)(F)C(F)(F)C(F)(F)F)NC(=S)N[C@@H]1c1ccccc1. The Balaban J connectivity index is 2.79. The van der Waals surface area contributed by atoms with Crippen LogP contribution in [0.25, 0.3) is 0 Å². The zero-order valence-electron chi connectivity index (χ0n) is 15.3. The van der Waals surface area contributed by atoms with E-state index in [-0.39, 0.29) is 5.56 Å². The van der Waals surface area contributed by atoms with Crippen molar-refractivity contribution in [3.8, 4) is 0 Å². The van der Waals surface area contributed by atoms with Gasteiger partial charge < -0.3 is 15.4 Å². The van der Waals surface area contributed by atoms with Gasteiger partial charge >= 0.3 is 29.9 Å². The number of nitrogens with one attached hydrogen (secondary N) is 2. The number of thiocarbonyl (C=S) groups is 1. The molecule has 2 N–H and O–H groups in total. The largest absolute Gasteiger partial charge is 0.463 e. The van der Waals surface area contributed by atoms with Gasteiger partial charge in [0.25, 0.3) is 0 Å². The lowest BCUT2D eigenvalue weighted by atomic mass is 9.90. The average Bonchev–Trinajstić information content (AvgIpc) is 2.66. The highest BCUT2D eigenvalue weighted by atomic mass is 32.1. The van der Waals surface area contributed by atoms with E-state index in [0.29, 0.717) is 0 Å². The van der Waals surface area contributed by atoms with Crippen molar-refractivity contribution in [2.24, 2.45) is 0 Å². The highest BCUT2D eigenvalue weighted by Gasteiger charge is 2.83. The summed E-state index contributed by atoms with van der Waals surface area (Å²) >= 11 is 4.63. The van der Waals surface area contributed by atoms with Gasteiger partial charge in [-0.05, 0) is 24.7 Å². The maximum Gasteiger partial charge on any atom is 0.460 e. The lowest BCUT2D eigenvalue weighted by Crippen LogP contribution is -2.64. The van der Waals surface area contributed by atoms with Crippen LogP contribution in [-0.2, 0) is 9.53 Å². The molecule has 0 fully saturated rings. The number of benzene rings is 1. The van der Waals surface area contributed by atoms with Crippen LogP contribution in [0.4, 0.5) is 39.5 Å². The number of carbonyl (C=O) groups is 1. The summed E-state index contributed by atoms with van der Waals surface area (Å²) in [6.45, 7) is 0.788. The molecule has 0 saturated carbocycles. The number of alkyl halides is 9. The summed E-state index contributed by atoms with van der Waals surface area (Å²) < 4.78 is 126. The Morgan fingerprint density at radius 3 is 2.03 bits per heavy atom. The van der Waals surface area contributed by atoms with Gasteiger partial charge in [-0.1, -0.05) is 30.3 Å². The van der Waals surface area contributed by atoms with Crippen LogP contribution in [0.15, 0.2) is 41.6 Å². The highest BCUT2D eigenvalue weighted by molar-refractivity contribution is 7.80. The molecule has 1 atom stereocenters. The Kier molecular flexibility index (Phi) is 6.55. The molecule has 0 amide bonds. The van der Waals surface area contributed by atoms with Gasteiger partial charge in [-0.15, -0.1) is 0 Å². The quantitative estimate of drug-likeness (QED) is 0.357. The normalized spacial score (nSPS) is 18.4. The minimum absolute atomic E-state index is 0.00593. The summed E-state index contributed by atoms with van der Waals surface area (Å²) in [5, 5.41) is 2.95. The van der Waals surface area contributed by atoms with Gasteiger partial charge in [-0.2, -0.15) is 39.5 Å². The number of rotatable bonds is 6. The Bertz CT molecular complexity index is 885. The molecule has 0 unspecified atom stereocenters. The Hall–Kier alpha value is -2.51. The van der Waals surface area contributed by atoms with Crippen LogP contribution < -0.4 is 10.6 Å². The van der Waals surface area contributed by atoms with E-state index in [1.165, 1.54) is 42.6 Å². The van der Waals surface area contributed by atoms with Crippen molar-refractivity contribution < 1.29 is 49.0 Å². The van der Waals surface area contributed by atoms with E-state index in [0.717, 1.165) is 0 Å². The van der Waals surface area contributed by atoms with Crippen molar-refractivity contribution >= 4 is 23.3 Å². The fourth-order valence-corrected chi connectivity index (χ4v) is 2.89. The van der Waals surface area contributed by atoms with Crippen molar-refractivity contribution in [2.75, 3.05) is 6.61 Å². The highest BCUT2D eigenvalue weighted by Crippen LogP contribution is 2.55. The second-order valence-corrected chi connectivity index (χ2v) is 6.58. The van der Waals surface area contributed by atoms with Gasteiger partial charge in [0.2, 0.25) is 0 Å². The lowest BCUT2D eigenvalue weighted by molar-refractivity contribution is -0.390. The van der Waals surface area contributed by atoms with Crippen LogP contribution >= 0.6 is 12.2 Å². The third-order valence-electron chi connectivity index (χ3n) is 4.16. The van der Waals surface area contributed by atoms with Gasteiger partial charge in [-0.25, -0.2) is 4.79 Å². The van der Waals surface area contributed by atoms with E-state index in [1.54, 1.807) is 0 Å². The first-order valence-electron chi connectivity index (χ1n) is 8.34. The summed E-state index contributed by atoms with van der Waals surface area (Å²) in [4.78, 5) is 12.3. The standard InChI is InChI=1S/C17H13F9N2O2S/c1-2-30-12(29)9-10(8-6-4-3-5-7-8)27-13(31)28-11(9)14(18,19)15(20,21)16(22,23)17(24,25)26/h3-7,10H,2H2,1H3,(H2,27,28,31)/t10-/m1/s1. The van der Waals surface area contributed by atoms with E-state index in [4.69, 9.17) is 0 Å². The Labute approximate surface area is 174 Å². The molecule has 2 rings (SSSR count). The predicted molar refractivity (Wildman–Crippen MR) is 92.6 cm³/mol. The summed E-state index contributed by atoms with van der Waals surface area (Å²) in [6, 6.07) is 5.02. The van der Waals surface area contributed by atoms with Crippen molar-refractivity contribution in [1.82, 2.24) is 10.6 Å². The van der Waals surface area contributed by atoms with E-state index < -0.39 is 58.9 Å². The second kappa shape index (κ2) is 8.20. The first kappa shape index (κ1) is 24.8. The maximum atomic E-state index is 14.7. The van der Waals surface area contributed by atoms with E-state index in [9.17, 15) is 44.3 Å². The van der Waals surface area contributed by atoms with Crippen LogP contribution in [0.3, 0.4) is 0 Å². The van der Waals surface area contributed by atoms with Crippen molar-refractivity contribution in [3.05, 3.63) is 47.2 Å². The molecule has 14 heteroatoms. The van der Waals surface area contributed by atoms with Crippen LogP contribution in [0.5, 0.6) is 0 Å². The van der Waals surface area contributed by atoms with Crippen LogP contribution in [0.1, 0.15) is 18.5 Å². The lowest BCUT2D eigenvalue weighted by Gasteiger charge is -2.39. The Morgan fingerprint density at radius 1 is 1.00 bits per heavy atom. The van der Waals surface area contributed by atoms with E-state index >= 15 is 0 Å². The molecule has 1 aliphatic heterocycles. The number of esters is 1. The first-order valence-corrected chi connectivity index (χ1v) is 8.74. The predicted octanol–water partition coefficient (Wildman–Crippen LogP) is 4.49. The molecule has 0 aromatic heterocycles. The van der Waals surface area contributed by atoms with Gasteiger partial charge in [0.15, 0.2) is 5.11 Å². The zero-order valence-corrected chi connectivity index (χ0v) is 16.1. The molecule has 0 saturated heterocycles. The first-order chi connectivity index (χ1) is 14.1. The second-order valence-electron chi connectivity index (χ2n) is 6.17. The topological polar surface area (TPSA) is 50.4 Å². The molecule has 0 aliphatic carbocycles. The van der Waals surface area contributed by atoms with Gasteiger partial charge in [0.05, 0.1) is 18.2 Å². The maximum absolute atomic E-state index is 14.7. The van der Waals surface area contributed by atoms with E-state index in [2.05, 4.69) is 22.3 Å². The minimum Gasteiger partial charge on any atom is -0.463 e. The minimum atomic E-state index is -7.15. The van der Waals surface area contributed by atoms with Crippen LogP contribution in [0, 0.1) is 0 Å². The van der Waals surface area contributed by atoms with Crippen LogP contribution in [0.2, 0.25) is 0 Å². The van der Waals surface area contributed by atoms with Crippen LogP contribution in [-0.4, -0.2) is 41.6 Å². The number of allylic oxidation sites excluding steroid dienone is 1. The fraction of sp³-hybridized carbons (Fsp3) is 0.412. The summed E-state index contributed by atoms with van der Waals surface area (Å²) in [7, 11) is 0. The third-order valence-corrected chi connectivity index (χ3v) is 4.38. The van der Waals surface area contributed by atoms with Gasteiger partial charge in [0, 0.05) is 0 Å². The molecule has 1 aromatic carbocycles. The Morgan fingerprint density at radius 2 is 1.55 bits per heavy atom. The number of carbonyl (C=O) groups excluding carboxylic acids is 1. The molecular formula is C17H13F9N2O2S. The molecule has 0 radical (unpaired) electrons. The van der Waals surface area contributed by atoms with Crippen molar-refractivity contribution in [1.29, 1.82) is 0 Å². The molecule has 4 nitrogen and oxygen atoms in total.